The molecule has 1 heterocycles. The van der Waals surface area contributed by atoms with E-state index >= 15 is 0 Å². The lowest BCUT2D eigenvalue weighted by atomic mass is 10.1. The highest BCUT2D eigenvalue weighted by molar-refractivity contribution is 9.10. The summed E-state index contributed by atoms with van der Waals surface area (Å²) in [7, 11) is 0. The molecule has 2 unspecified atom stereocenters. The molecule has 0 saturated heterocycles. The summed E-state index contributed by atoms with van der Waals surface area (Å²) in [4.78, 5) is 16.3. The van der Waals surface area contributed by atoms with Gasteiger partial charge in [0.05, 0.1) is 10.0 Å². The minimum absolute atomic E-state index is 0.0662. The van der Waals surface area contributed by atoms with Crippen molar-refractivity contribution in [3.63, 3.8) is 0 Å². The number of benzene rings is 1. The van der Waals surface area contributed by atoms with Crippen molar-refractivity contribution in [3.05, 3.63) is 56.6 Å². The molecule has 126 valence electrons. The van der Waals surface area contributed by atoms with Gasteiger partial charge in [-0.1, -0.05) is 51.3 Å². The average Bonchev–Trinajstić information content (AvgIpc) is 3.34. The van der Waals surface area contributed by atoms with Gasteiger partial charge in [-0.15, -0.1) is 0 Å². The van der Waals surface area contributed by atoms with Gasteiger partial charge in [0.15, 0.2) is 0 Å². The Kier molecular flexibility index (Phi) is 5.64. The summed E-state index contributed by atoms with van der Waals surface area (Å²) >= 11 is 15.3. The lowest BCUT2D eigenvalue weighted by Gasteiger charge is -2.09. The molecule has 1 aliphatic rings. The van der Waals surface area contributed by atoms with Crippen molar-refractivity contribution in [1.82, 2.24) is 10.3 Å². The highest BCUT2D eigenvalue weighted by atomic mass is 79.9. The number of carbonyl (C=O) groups excluding carboxylic acids is 1. The Bertz CT molecular complexity index is 756. The number of carbonyl (C=O) groups is 1. The van der Waals surface area contributed by atoms with Crippen molar-refractivity contribution >= 4 is 50.9 Å². The SMILES string of the molecule is O=C(NCCNc1ncc(Cl)cc1Cl)C1CC1c1cccc(Br)c1. The number of nitrogens with one attached hydrogen (secondary N) is 2. The number of hydrogen-bond acceptors (Lipinski definition) is 3. The zero-order chi connectivity index (χ0) is 17.1. The van der Waals surface area contributed by atoms with Crippen LogP contribution in [0.15, 0.2) is 41.0 Å². The summed E-state index contributed by atoms with van der Waals surface area (Å²) in [6.07, 6.45) is 2.43. The van der Waals surface area contributed by atoms with E-state index in [-0.39, 0.29) is 11.8 Å². The number of anilines is 1. The van der Waals surface area contributed by atoms with Gasteiger partial charge in [-0.05, 0) is 36.1 Å². The third-order valence-corrected chi connectivity index (χ3v) is 4.92. The first-order valence-corrected chi connectivity index (χ1v) is 9.17. The molecule has 1 fully saturated rings. The lowest BCUT2D eigenvalue weighted by molar-refractivity contribution is -0.122. The zero-order valence-corrected chi connectivity index (χ0v) is 15.8. The molecule has 3 rings (SSSR count). The largest absolute Gasteiger partial charge is 0.367 e. The Balaban J connectivity index is 1.42. The van der Waals surface area contributed by atoms with Gasteiger partial charge in [-0.2, -0.15) is 0 Å². The fraction of sp³-hybridized carbons (Fsp3) is 0.294. The molecule has 0 aliphatic heterocycles. The average molecular weight is 429 g/mol. The van der Waals surface area contributed by atoms with E-state index in [1.54, 1.807) is 6.07 Å². The third-order valence-electron chi connectivity index (χ3n) is 3.93. The number of halogens is 3. The van der Waals surface area contributed by atoms with E-state index in [2.05, 4.69) is 43.7 Å². The van der Waals surface area contributed by atoms with Gasteiger partial charge in [0.2, 0.25) is 5.91 Å². The topological polar surface area (TPSA) is 54.0 Å². The standard InChI is InChI=1S/C17H16BrCl2N3O/c18-11-3-1-2-10(6-11)13-8-14(13)17(24)22-5-4-21-16-15(20)7-12(19)9-23-16/h1-3,6-7,9,13-14H,4-5,8H2,(H,21,23)(H,22,24). The van der Waals surface area contributed by atoms with Crippen molar-refractivity contribution in [2.24, 2.45) is 5.92 Å². The van der Waals surface area contributed by atoms with Crippen LogP contribution in [-0.4, -0.2) is 24.0 Å². The molecule has 0 spiro atoms. The van der Waals surface area contributed by atoms with Gasteiger partial charge in [0, 0.05) is 29.7 Å². The van der Waals surface area contributed by atoms with Gasteiger partial charge < -0.3 is 10.6 Å². The van der Waals surface area contributed by atoms with Crippen LogP contribution in [0.2, 0.25) is 10.0 Å². The van der Waals surface area contributed by atoms with E-state index in [0.29, 0.717) is 34.9 Å². The molecule has 24 heavy (non-hydrogen) atoms. The van der Waals surface area contributed by atoms with Crippen LogP contribution < -0.4 is 10.6 Å². The first kappa shape index (κ1) is 17.5. The number of nitrogens with zero attached hydrogens (tertiary/aromatic N) is 1. The van der Waals surface area contributed by atoms with E-state index in [4.69, 9.17) is 23.2 Å². The lowest BCUT2D eigenvalue weighted by Crippen LogP contribution is -2.30. The molecule has 4 nitrogen and oxygen atoms in total. The molecule has 2 atom stereocenters. The van der Waals surface area contributed by atoms with Crippen LogP contribution in [0.25, 0.3) is 0 Å². The van der Waals surface area contributed by atoms with Crippen LogP contribution in [0.4, 0.5) is 5.82 Å². The maximum absolute atomic E-state index is 12.2. The minimum Gasteiger partial charge on any atom is -0.367 e. The maximum Gasteiger partial charge on any atom is 0.223 e. The first-order chi connectivity index (χ1) is 11.5. The second-order valence-electron chi connectivity index (χ2n) is 5.71. The van der Waals surface area contributed by atoms with Crippen LogP contribution in [0.1, 0.15) is 17.9 Å². The van der Waals surface area contributed by atoms with E-state index in [0.717, 1.165) is 10.9 Å². The van der Waals surface area contributed by atoms with Crippen molar-refractivity contribution in [3.8, 4) is 0 Å². The van der Waals surface area contributed by atoms with Crippen LogP contribution >= 0.6 is 39.1 Å². The van der Waals surface area contributed by atoms with Crippen LogP contribution in [0.3, 0.4) is 0 Å². The number of hydrogen-bond donors (Lipinski definition) is 2. The van der Waals surface area contributed by atoms with Crippen LogP contribution in [-0.2, 0) is 4.79 Å². The van der Waals surface area contributed by atoms with Crippen molar-refractivity contribution in [2.75, 3.05) is 18.4 Å². The predicted molar refractivity (Wildman–Crippen MR) is 101 cm³/mol. The molecule has 1 aromatic heterocycles. The highest BCUT2D eigenvalue weighted by Crippen LogP contribution is 2.47. The predicted octanol–water partition coefficient (Wildman–Crippen LogP) is 4.48. The molecule has 1 aromatic carbocycles. The summed E-state index contributed by atoms with van der Waals surface area (Å²) in [5.74, 6) is 1.05. The van der Waals surface area contributed by atoms with Gasteiger partial charge in [0.1, 0.15) is 5.82 Å². The number of pyridine rings is 1. The molecule has 1 amide bonds. The van der Waals surface area contributed by atoms with Gasteiger partial charge in [0.25, 0.3) is 0 Å². The molecule has 1 saturated carbocycles. The first-order valence-electron chi connectivity index (χ1n) is 7.62. The molecular weight excluding hydrogens is 413 g/mol. The van der Waals surface area contributed by atoms with Crippen molar-refractivity contribution in [1.29, 1.82) is 0 Å². The van der Waals surface area contributed by atoms with E-state index < -0.39 is 0 Å². The van der Waals surface area contributed by atoms with E-state index in [1.165, 1.54) is 11.8 Å². The molecule has 2 N–H and O–H groups in total. The maximum atomic E-state index is 12.2. The van der Waals surface area contributed by atoms with Gasteiger partial charge in [-0.3, -0.25) is 4.79 Å². The second-order valence-corrected chi connectivity index (χ2v) is 7.46. The zero-order valence-electron chi connectivity index (χ0n) is 12.7. The minimum atomic E-state index is 0.0662. The quantitative estimate of drug-likeness (QED) is 0.666. The monoisotopic (exact) mass is 427 g/mol. The van der Waals surface area contributed by atoms with Crippen LogP contribution in [0.5, 0.6) is 0 Å². The smallest absolute Gasteiger partial charge is 0.223 e. The summed E-state index contributed by atoms with van der Waals surface area (Å²) in [6, 6.07) is 9.76. The highest BCUT2D eigenvalue weighted by Gasteiger charge is 2.43. The molecule has 0 radical (unpaired) electrons. The molecule has 2 aromatic rings. The number of rotatable bonds is 6. The fourth-order valence-electron chi connectivity index (χ4n) is 2.63. The second kappa shape index (κ2) is 7.72. The van der Waals surface area contributed by atoms with Crippen LogP contribution in [0, 0.1) is 5.92 Å². The number of amides is 1. The summed E-state index contributed by atoms with van der Waals surface area (Å²) in [6.45, 7) is 1.07. The normalized spacial score (nSPS) is 19.0. The molecule has 1 aliphatic carbocycles. The fourth-order valence-corrected chi connectivity index (χ4v) is 3.50. The Morgan fingerprint density at radius 3 is 2.88 bits per heavy atom. The van der Waals surface area contributed by atoms with Gasteiger partial charge in [-0.25, -0.2) is 4.98 Å². The van der Waals surface area contributed by atoms with E-state index in [9.17, 15) is 4.79 Å². The Labute approximate surface area is 159 Å². The Morgan fingerprint density at radius 1 is 1.29 bits per heavy atom. The van der Waals surface area contributed by atoms with E-state index in [1.807, 2.05) is 12.1 Å². The third kappa shape index (κ3) is 4.41. The number of aromatic nitrogens is 1. The summed E-state index contributed by atoms with van der Waals surface area (Å²) in [5, 5.41) is 6.99. The summed E-state index contributed by atoms with van der Waals surface area (Å²) < 4.78 is 1.04. The Morgan fingerprint density at radius 2 is 2.12 bits per heavy atom. The summed E-state index contributed by atoms with van der Waals surface area (Å²) in [5.41, 5.74) is 1.21. The Hall–Kier alpha value is -1.30. The molecule has 7 heteroatoms. The molecular formula is C17H16BrCl2N3O. The van der Waals surface area contributed by atoms with Gasteiger partial charge >= 0.3 is 0 Å². The van der Waals surface area contributed by atoms with Crippen molar-refractivity contribution in [2.45, 2.75) is 12.3 Å². The van der Waals surface area contributed by atoms with Crippen molar-refractivity contribution < 1.29 is 4.79 Å². The molecule has 0 bridgehead atoms.